The topological polar surface area (TPSA) is 30.0 Å². The van der Waals surface area contributed by atoms with Crippen molar-refractivity contribution in [2.45, 2.75) is 26.2 Å². The second-order valence-corrected chi connectivity index (χ2v) is 4.37. The van der Waals surface area contributed by atoms with E-state index in [0.717, 1.165) is 25.5 Å². The molecule has 3 heteroatoms. The Bertz CT molecular complexity index is 378. The minimum atomic E-state index is -0.438. The smallest absolute Gasteiger partial charge is 0.167 e. The van der Waals surface area contributed by atoms with Crippen LogP contribution in [0, 0.1) is 17.7 Å². The highest BCUT2D eigenvalue weighted by atomic mass is 19.1. The maximum absolute atomic E-state index is 12.9. The van der Waals surface area contributed by atoms with E-state index in [4.69, 9.17) is 0 Å². The van der Waals surface area contributed by atoms with Crippen LogP contribution in [0.4, 0.5) is 4.39 Å². The van der Waals surface area contributed by atoms with Gasteiger partial charge in [-0.3, -0.25) is 9.78 Å². The lowest BCUT2D eigenvalue weighted by atomic mass is 9.96. The Labute approximate surface area is 88.5 Å². The molecule has 0 aliphatic heterocycles. The molecule has 1 aromatic rings. The van der Waals surface area contributed by atoms with E-state index in [1.165, 1.54) is 12.3 Å². The first-order valence-corrected chi connectivity index (χ1v) is 5.31. The van der Waals surface area contributed by atoms with Crippen molar-refractivity contribution in [3.8, 4) is 0 Å². The molecular formula is C12H14FNO. The van der Waals surface area contributed by atoms with Gasteiger partial charge in [0, 0.05) is 17.7 Å². The van der Waals surface area contributed by atoms with Gasteiger partial charge in [-0.25, -0.2) is 4.39 Å². The summed E-state index contributed by atoms with van der Waals surface area (Å²) < 4.78 is 12.9. The molecule has 1 aromatic heterocycles. The summed E-state index contributed by atoms with van der Waals surface area (Å²) in [5.74, 6) is 0.294. The van der Waals surface area contributed by atoms with Crippen molar-refractivity contribution in [3.05, 3.63) is 29.8 Å². The molecular weight excluding hydrogens is 193 g/mol. The van der Waals surface area contributed by atoms with Crippen molar-refractivity contribution < 1.29 is 9.18 Å². The average Bonchev–Trinajstić information content (AvgIpc) is 2.64. The molecule has 2 unspecified atom stereocenters. The fourth-order valence-electron chi connectivity index (χ4n) is 2.23. The normalized spacial score (nSPS) is 25.5. The molecule has 2 nitrogen and oxygen atoms in total. The van der Waals surface area contributed by atoms with Crippen molar-refractivity contribution in [1.29, 1.82) is 0 Å². The number of halogens is 1. The van der Waals surface area contributed by atoms with Crippen LogP contribution in [0.15, 0.2) is 18.5 Å². The molecule has 15 heavy (non-hydrogen) atoms. The largest absolute Gasteiger partial charge is 0.294 e. The van der Waals surface area contributed by atoms with E-state index in [2.05, 4.69) is 11.9 Å². The Kier molecular flexibility index (Phi) is 2.80. The standard InChI is InChI=1S/C12H14FNO/c1-8-2-3-9(4-8)12(15)10-5-11(13)7-14-6-10/h5-9H,2-4H2,1H3. The van der Waals surface area contributed by atoms with Gasteiger partial charge in [-0.2, -0.15) is 0 Å². The van der Waals surface area contributed by atoms with E-state index in [1.807, 2.05) is 0 Å². The summed E-state index contributed by atoms with van der Waals surface area (Å²) in [6.07, 6.45) is 5.52. The van der Waals surface area contributed by atoms with Crippen molar-refractivity contribution in [3.63, 3.8) is 0 Å². The minimum Gasteiger partial charge on any atom is -0.294 e. The number of hydrogen-bond donors (Lipinski definition) is 0. The third-order valence-corrected chi connectivity index (χ3v) is 3.06. The van der Waals surface area contributed by atoms with Crippen molar-refractivity contribution in [2.75, 3.05) is 0 Å². The van der Waals surface area contributed by atoms with Crippen molar-refractivity contribution >= 4 is 5.78 Å². The lowest BCUT2D eigenvalue weighted by Crippen LogP contribution is -2.12. The summed E-state index contributed by atoms with van der Waals surface area (Å²) in [6.45, 7) is 2.15. The minimum absolute atomic E-state index is 0.0475. The lowest BCUT2D eigenvalue weighted by Gasteiger charge is -2.07. The molecule has 1 heterocycles. The maximum atomic E-state index is 12.9. The summed E-state index contributed by atoms with van der Waals surface area (Å²) in [4.78, 5) is 15.6. The van der Waals surface area contributed by atoms with E-state index in [0.29, 0.717) is 11.5 Å². The highest BCUT2D eigenvalue weighted by Crippen LogP contribution is 2.32. The third kappa shape index (κ3) is 2.22. The zero-order valence-electron chi connectivity index (χ0n) is 8.74. The number of nitrogens with zero attached hydrogens (tertiary/aromatic N) is 1. The number of rotatable bonds is 2. The highest BCUT2D eigenvalue weighted by molar-refractivity contribution is 5.97. The van der Waals surface area contributed by atoms with Crippen LogP contribution < -0.4 is 0 Å². The number of aromatic nitrogens is 1. The zero-order chi connectivity index (χ0) is 10.8. The predicted octanol–water partition coefficient (Wildman–Crippen LogP) is 2.84. The Hall–Kier alpha value is -1.25. The lowest BCUT2D eigenvalue weighted by molar-refractivity contribution is 0.0919. The molecule has 1 aliphatic carbocycles. The maximum Gasteiger partial charge on any atom is 0.167 e. The van der Waals surface area contributed by atoms with Crippen LogP contribution in [0.5, 0.6) is 0 Å². The van der Waals surface area contributed by atoms with Gasteiger partial charge in [0.2, 0.25) is 0 Å². The summed E-state index contributed by atoms with van der Waals surface area (Å²) in [5, 5.41) is 0. The fourth-order valence-corrected chi connectivity index (χ4v) is 2.23. The van der Waals surface area contributed by atoms with Gasteiger partial charge in [-0.05, 0) is 31.2 Å². The summed E-state index contributed by atoms with van der Waals surface area (Å²) in [5.41, 5.74) is 0.411. The zero-order valence-corrected chi connectivity index (χ0v) is 8.74. The Morgan fingerprint density at radius 1 is 1.47 bits per heavy atom. The second-order valence-electron chi connectivity index (χ2n) is 4.37. The SMILES string of the molecule is CC1CCC(C(=O)c2cncc(F)c2)C1. The molecule has 1 aliphatic rings. The second kappa shape index (κ2) is 4.09. The van der Waals surface area contributed by atoms with Crippen LogP contribution in [0.2, 0.25) is 0 Å². The van der Waals surface area contributed by atoms with Crippen molar-refractivity contribution in [1.82, 2.24) is 4.98 Å². The first-order chi connectivity index (χ1) is 7.16. The quantitative estimate of drug-likeness (QED) is 0.698. The van der Waals surface area contributed by atoms with Gasteiger partial charge in [0.15, 0.2) is 5.78 Å². The van der Waals surface area contributed by atoms with Gasteiger partial charge < -0.3 is 0 Å². The van der Waals surface area contributed by atoms with Gasteiger partial charge in [-0.1, -0.05) is 6.92 Å². The van der Waals surface area contributed by atoms with Gasteiger partial charge in [0.25, 0.3) is 0 Å². The molecule has 2 atom stereocenters. The number of Topliss-reactive ketones (excluding diaryl/α,β-unsaturated/α-hetero) is 1. The predicted molar refractivity (Wildman–Crippen MR) is 55.0 cm³/mol. The fraction of sp³-hybridized carbons (Fsp3) is 0.500. The first kappa shape index (κ1) is 10.3. The average molecular weight is 207 g/mol. The summed E-state index contributed by atoms with van der Waals surface area (Å²) >= 11 is 0. The van der Waals surface area contributed by atoms with Gasteiger partial charge in [0.05, 0.1) is 6.20 Å². The van der Waals surface area contributed by atoms with Crippen LogP contribution in [0.1, 0.15) is 36.5 Å². The third-order valence-electron chi connectivity index (χ3n) is 3.06. The molecule has 0 saturated heterocycles. The highest BCUT2D eigenvalue weighted by Gasteiger charge is 2.28. The summed E-state index contributed by atoms with van der Waals surface area (Å²) in [6, 6.07) is 1.28. The van der Waals surface area contributed by atoms with Gasteiger partial charge in [0.1, 0.15) is 5.82 Å². The van der Waals surface area contributed by atoms with Crippen molar-refractivity contribution in [2.24, 2.45) is 11.8 Å². The molecule has 80 valence electrons. The molecule has 0 N–H and O–H groups in total. The Morgan fingerprint density at radius 3 is 2.87 bits per heavy atom. The van der Waals surface area contributed by atoms with Crippen LogP contribution in [0.25, 0.3) is 0 Å². The molecule has 1 fully saturated rings. The van der Waals surface area contributed by atoms with E-state index in [1.54, 1.807) is 0 Å². The molecule has 0 spiro atoms. The van der Waals surface area contributed by atoms with E-state index < -0.39 is 5.82 Å². The number of pyridine rings is 1. The van der Waals surface area contributed by atoms with Crippen LogP contribution in [-0.2, 0) is 0 Å². The summed E-state index contributed by atoms with van der Waals surface area (Å²) in [7, 11) is 0. The number of ketones is 1. The van der Waals surface area contributed by atoms with Crippen LogP contribution in [-0.4, -0.2) is 10.8 Å². The van der Waals surface area contributed by atoms with Gasteiger partial charge in [-0.15, -0.1) is 0 Å². The van der Waals surface area contributed by atoms with Crippen LogP contribution >= 0.6 is 0 Å². The van der Waals surface area contributed by atoms with E-state index >= 15 is 0 Å². The monoisotopic (exact) mass is 207 g/mol. The van der Waals surface area contributed by atoms with E-state index in [-0.39, 0.29) is 11.7 Å². The molecule has 1 saturated carbocycles. The molecule has 2 rings (SSSR count). The molecule has 0 bridgehead atoms. The first-order valence-electron chi connectivity index (χ1n) is 5.31. The molecule has 0 amide bonds. The van der Waals surface area contributed by atoms with Gasteiger partial charge >= 0.3 is 0 Å². The number of carbonyl (C=O) groups excluding carboxylic acids is 1. The molecule has 0 radical (unpaired) electrons. The Morgan fingerprint density at radius 2 is 2.27 bits per heavy atom. The Balaban J connectivity index is 2.14. The van der Waals surface area contributed by atoms with Crippen LogP contribution in [0.3, 0.4) is 0 Å². The number of hydrogen-bond acceptors (Lipinski definition) is 2. The number of carbonyl (C=O) groups is 1. The molecule has 0 aromatic carbocycles. The van der Waals surface area contributed by atoms with E-state index in [9.17, 15) is 9.18 Å².